The van der Waals surface area contributed by atoms with Crippen LogP contribution in [-0.2, 0) is 0 Å². The molecule has 5 heteroatoms. The van der Waals surface area contributed by atoms with Gasteiger partial charge in [0.25, 0.3) is 0 Å². The molecule has 0 bridgehead atoms. The molecule has 20 heavy (non-hydrogen) atoms. The van der Waals surface area contributed by atoms with E-state index in [2.05, 4.69) is 30.4 Å². The first-order chi connectivity index (χ1) is 9.72. The number of hydrogen-bond acceptors (Lipinski definition) is 4. The van der Waals surface area contributed by atoms with E-state index >= 15 is 0 Å². The lowest BCUT2D eigenvalue weighted by Gasteiger charge is -2.24. The summed E-state index contributed by atoms with van der Waals surface area (Å²) in [6.45, 7) is 4.86. The highest BCUT2D eigenvalue weighted by atomic mass is 16.5. The van der Waals surface area contributed by atoms with Gasteiger partial charge in [-0.1, -0.05) is 18.2 Å². The van der Waals surface area contributed by atoms with Crippen LogP contribution in [0.15, 0.2) is 36.5 Å². The molecule has 1 aliphatic rings. The smallest absolute Gasteiger partial charge is 0.122 e. The Morgan fingerprint density at radius 2 is 2.15 bits per heavy atom. The van der Waals surface area contributed by atoms with Crippen LogP contribution in [0, 0.1) is 0 Å². The Balaban J connectivity index is 1.97. The maximum atomic E-state index is 5.82. The number of aromatic nitrogens is 2. The highest BCUT2D eigenvalue weighted by molar-refractivity contribution is 5.41. The molecule has 2 atom stereocenters. The molecule has 0 aliphatic carbocycles. The van der Waals surface area contributed by atoms with Gasteiger partial charge in [-0.25, -0.2) is 0 Å². The molecule has 3 N–H and O–H groups in total. The molecule has 1 aliphatic heterocycles. The third-order valence-electron chi connectivity index (χ3n) is 3.83. The Hall–Kier alpha value is -1.85. The van der Waals surface area contributed by atoms with E-state index in [4.69, 9.17) is 10.6 Å². The van der Waals surface area contributed by atoms with Crippen LogP contribution >= 0.6 is 0 Å². The summed E-state index contributed by atoms with van der Waals surface area (Å²) in [7, 11) is 0. The molecular weight excluding hydrogens is 252 g/mol. The van der Waals surface area contributed by atoms with E-state index in [9.17, 15) is 0 Å². The molecule has 2 aromatic rings. The van der Waals surface area contributed by atoms with Crippen molar-refractivity contribution in [3.8, 4) is 5.75 Å². The summed E-state index contributed by atoms with van der Waals surface area (Å²) in [6, 6.07) is 10.4. The molecule has 0 radical (unpaired) electrons. The number of nitrogens with one attached hydrogen (secondary N) is 1. The zero-order chi connectivity index (χ0) is 14.1. The third kappa shape index (κ3) is 2.09. The molecule has 0 spiro atoms. The van der Waals surface area contributed by atoms with Crippen molar-refractivity contribution in [2.45, 2.75) is 31.8 Å². The van der Waals surface area contributed by atoms with Crippen LogP contribution in [0.3, 0.4) is 0 Å². The molecule has 5 nitrogen and oxygen atoms in total. The quantitative estimate of drug-likeness (QED) is 0.661. The van der Waals surface area contributed by atoms with E-state index in [0.29, 0.717) is 12.6 Å². The molecule has 0 fully saturated rings. The van der Waals surface area contributed by atoms with Gasteiger partial charge in [-0.3, -0.25) is 16.0 Å². The number of rotatable bonds is 4. The summed E-state index contributed by atoms with van der Waals surface area (Å²) < 4.78 is 7.77. The first-order valence-corrected chi connectivity index (χ1v) is 6.93. The second-order valence-electron chi connectivity index (χ2n) is 5.39. The molecule has 3 rings (SSSR count). The van der Waals surface area contributed by atoms with E-state index in [0.717, 1.165) is 11.4 Å². The summed E-state index contributed by atoms with van der Waals surface area (Å²) in [5.41, 5.74) is 5.23. The molecule has 2 unspecified atom stereocenters. The minimum atomic E-state index is -0.0106. The van der Waals surface area contributed by atoms with Gasteiger partial charge in [-0.15, -0.1) is 0 Å². The lowest BCUT2D eigenvalue weighted by Crippen LogP contribution is -2.35. The average Bonchev–Trinajstić information content (AvgIpc) is 3.07. The van der Waals surface area contributed by atoms with Gasteiger partial charge in [-0.2, -0.15) is 5.10 Å². The molecule has 1 aromatic carbocycles. The third-order valence-corrected chi connectivity index (χ3v) is 3.83. The van der Waals surface area contributed by atoms with E-state index in [1.54, 1.807) is 0 Å². The lowest BCUT2D eigenvalue weighted by atomic mass is 9.91. The summed E-state index contributed by atoms with van der Waals surface area (Å²) in [4.78, 5) is 0. The Bertz CT molecular complexity index is 593. The van der Waals surface area contributed by atoms with E-state index in [-0.39, 0.29) is 12.0 Å². The van der Waals surface area contributed by atoms with Crippen molar-refractivity contribution in [1.29, 1.82) is 0 Å². The number of benzene rings is 1. The summed E-state index contributed by atoms with van der Waals surface area (Å²) in [5.74, 6) is 6.97. The monoisotopic (exact) mass is 272 g/mol. The minimum absolute atomic E-state index is 0.0106. The molecular formula is C15H20N4O. The normalized spacial score (nSPS) is 18.9. The molecule has 2 heterocycles. The number of nitrogens with zero attached hydrogens (tertiary/aromatic N) is 2. The molecule has 0 saturated carbocycles. The van der Waals surface area contributed by atoms with E-state index in [1.807, 2.05) is 35.1 Å². The van der Waals surface area contributed by atoms with Gasteiger partial charge in [0.1, 0.15) is 5.75 Å². The van der Waals surface area contributed by atoms with Crippen molar-refractivity contribution in [2.24, 2.45) is 5.84 Å². The standard InChI is InChI=1S/C15H20N4O/c1-10(2)19-13(7-8-17-19)15(18-16)12-9-20-14-6-4-3-5-11(12)14/h3-8,10,12,15,18H,9,16H2,1-2H3. The van der Waals surface area contributed by atoms with Crippen LogP contribution in [0.2, 0.25) is 0 Å². The minimum Gasteiger partial charge on any atom is -0.493 e. The largest absolute Gasteiger partial charge is 0.493 e. The molecule has 0 amide bonds. The van der Waals surface area contributed by atoms with Crippen molar-refractivity contribution in [3.05, 3.63) is 47.8 Å². The van der Waals surface area contributed by atoms with Crippen molar-refractivity contribution < 1.29 is 4.74 Å². The number of ether oxygens (including phenoxy) is 1. The maximum Gasteiger partial charge on any atom is 0.122 e. The predicted molar refractivity (Wildman–Crippen MR) is 77.4 cm³/mol. The Kier molecular flexibility index (Phi) is 3.46. The van der Waals surface area contributed by atoms with Crippen molar-refractivity contribution in [1.82, 2.24) is 15.2 Å². The van der Waals surface area contributed by atoms with Crippen LogP contribution in [0.1, 0.15) is 43.1 Å². The molecule has 106 valence electrons. The number of para-hydroxylation sites is 1. The first kappa shape index (κ1) is 13.1. The van der Waals surface area contributed by atoms with Gasteiger partial charge in [-0.05, 0) is 26.0 Å². The van der Waals surface area contributed by atoms with Crippen LogP contribution in [0.25, 0.3) is 0 Å². The fraction of sp³-hybridized carbons (Fsp3) is 0.400. The maximum absolute atomic E-state index is 5.82. The zero-order valence-corrected chi connectivity index (χ0v) is 11.8. The average molecular weight is 272 g/mol. The van der Waals surface area contributed by atoms with Gasteiger partial charge < -0.3 is 4.74 Å². The highest BCUT2D eigenvalue weighted by Crippen LogP contribution is 2.41. The van der Waals surface area contributed by atoms with Gasteiger partial charge >= 0.3 is 0 Å². The predicted octanol–water partition coefficient (Wildman–Crippen LogP) is 2.14. The second kappa shape index (κ2) is 5.26. The van der Waals surface area contributed by atoms with Crippen LogP contribution in [0.4, 0.5) is 0 Å². The summed E-state index contributed by atoms with van der Waals surface area (Å²) >= 11 is 0. The van der Waals surface area contributed by atoms with Crippen molar-refractivity contribution in [2.75, 3.05) is 6.61 Å². The fourth-order valence-corrected chi connectivity index (χ4v) is 2.87. The van der Waals surface area contributed by atoms with Crippen molar-refractivity contribution >= 4 is 0 Å². The van der Waals surface area contributed by atoms with Crippen LogP contribution in [0.5, 0.6) is 5.75 Å². The number of fused-ring (bicyclic) bond motifs is 1. The fourth-order valence-electron chi connectivity index (χ4n) is 2.87. The van der Waals surface area contributed by atoms with Crippen molar-refractivity contribution in [3.63, 3.8) is 0 Å². The topological polar surface area (TPSA) is 65.1 Å². The van der Waals surface area contributed by atoms with E-state index < -0.39 is 0 Å². The number of hydrazine groups is 1. The van der Waals surface area contributed by atoms with Gasteiger partial charge in [0.2, 0.25) is 0 Å². The summed E-state index contributed by atoms with van der Waals surface area (Å²) in [5, 5.41) is 4.39. The number of nitrogens with two attached hydrogens (primary N) is 1. The van der Waals surface area contributed by atoms with Crippen LogP contribution < -0.4 is 16.0 Å². The Morgan fingerprint density at radius 1 is 1.35 bits per heavy atom. The Morgan fingerprint density at radius 3 is 2.90 bits per heavy atom. The first-order valence-electron chi connectivity index (χ1n) is 6.93. The van der Waals surface area contributed by atoms with Crippen LogP contribution in [-0.4, -0.2) is 16.4 Å². The molecule has 1 aromatic heterocycles. The van der Waals surface area contributed by atoms with E-state index in [1.165, 1.54) is 5.56 Å². The number of hydrogen-bond donors (Lipinski definition) is 2. The highest BCUT2D eigenvalue weighted by Gasteiger charge is 2.33. The zero-order valence-electron chi connectivity index (χ0n) is 11.8. The van der Waals surface area contributed by atoms with Gasteiger partial charge in [0.05, 0.1) is 18.3 Å². The van der Waals surface area contributed by atoms with Gasteiger partial charge in [0.15, 0.2) is 0 Å². The second-order valence-corrected chi connectivity index (χ2v) is 5.39. The van der Waals surface area contributed by atoms with Gasteiger partial charge in [0, 0.05) is 23.7 Å². The molecule has 0 saturated heterocycles. The lowest BCUT2D eigenvalue weighted by molar-refractivity contribution is 0.292. The Labute approximate surface area is 118 Å². The SMILES string of the molecule is CC(C)n1nccc1C(NN)C1COc2ccccc21. The summed E-state index contributed by atoms with van der Waals surface area (Å²) in [6.07, 6.45) is 1.82.